The number of nitrogens with zero attached hydrogens (tertiary/aromatic N) is 1. The Hall–Kier alpha value is -1.91. The summed E-state index contributed by atoms with van der Waals surface area (Å²) in [6.07, 6.45) is 1.58. The van der Waals surface area contributed by atoms with Crippen molar-refractivity contribution in [3.05, 3.63) is 64.4 Å². The lowest BCUT2D eigenvalue weighted by Gasteiger charge is -2.15. The van der Waals surface area contributed by atoms with E-state index in [4.69, 9.17) is 17.3 Å². The largest absolute Gasteiger partial charge is 0.346 e. The molecule has 0 fully saturated rings. The van der Waals surface area contributed by atoms with Gasteiger partial charge in [0.1, 0.15) is 0 Å². The lowest BCUT2D eigenvalue weighted by Crippen LogP contribution is -2.26. The van der Waals surface area contributed by atoms with E-state index in [-0.39, 0.29) is 11.9 Å². The minimum atomic E-state index is -0.158. The Bertz CT molecular complexity index is 616. The van der Waals surface area contributed by atoms with E-state index >= 15 is 0 Å². The highest BCUT2D eigenvalue weighted by molar-refractivity contribution is 6.30. The molecule has 1 heterocycles. The van der Waals surface area contributed by atoms with Crippen molar-refractivity contribution in [2.75, 3.05) is 0 Å². The third kappa shape index (κ3) is 3.56. The molecule has 2 rings (SSSR count). The molecule has 20 heavy (non-hydrogen) atoms. The van der Waals surface area contributed by atoms with Crippen molar-refractivity contribution in [3.63, 3.8) is 0 Å². The Morgan fingerprint density at radius 1 is 1.40 bits per heavy atom. The first-order chi connectivity index (χ1) is 9.60. The second-order valence-electron chi connectivity index (χ2n) is 4.49. The van der Waals surface area contributed by atoms with Crippen LogP contribution in [0.3, 0.4) is 0 Å². The summed E-state index contributed by atoms with van der Waals surface area (Å²) in [6, 6.07) is 10.7. The second kappa shape index (κ2) is 6.50. The van der Waals surface area contributed by atoms with Gasteiger partial charge in [0.2, 0.25) is 0 Å². The summed E-state index contributed by atoms with van der Waals surface area (Å²) in [5.41, 5.74) is 7.71. The monoisotopic (exact) mass is 289 g/mol. The number of hydrogen-bond donors (Lipinski definition) is 2. The van der Waals surface area contributed by atoms with Crippen LogP contribution in [-0.2, 0) is 6.54 Å². The summed E-state index contributed by atoms with van der Waals surface area (Å²) >= 11 is 5.95. The molecule has 0 aliphatic carbocycles. The minimum absolute atomic E-state index is 0.129. The van der Waals surface area contributed by atoms with E-state index in [0.29, 0.717) is 22.8 Å². The van der Waals surface area contributed by atoms with Crippen molar-refractivity contribution in [2.45, 2.75) is 19.5 Å². The fourth-order valence-corrected chi connectivity index (χ4v) is 2.07. The molecule has 0 saturated heterocycles. The fourth-order valence-electron chi connectivity index (χ4n) is 1.87. The van der Waals surface area contributed by atoms with Crippen LogP contribution >= 0.6 is 11.6 Å². The predicted molar refractivity (Wildman–Crippen MR) is 79.5 cm³/mol. The highest BCUT2D eigenvalue weighted by atomic mass is 35.5. The summed E-state index contributed by atoms with van der Waals surface area (Å²) in [7, 11) is 0. The lowest BCUT2D eigenvalue weighted by atomic mass is 10.1. The number of carbonyl (C=O) groups excluding carboxylic acids is 1. The highest BCUT2D eigenvalue weighted by Gasteiger charge is 2.12. The van der Waals surface area contributed by atoms with Gasteiger partial charge in [0.15, 0.2) is 0 Å². The number of aromatic nitrogens is 1. The van der Waals surface area contributed by atoms with Crippen molar-refractivity contribution in [2.24, 2.45) is 5.73 Å². The van der Waals surface area contributed by atoms with Gasteiger partial charge >= 0.3 is 0 Å². The average Bonchev–Trinajstić information content (AvgIpc) is 2.47. The van der Waals surface area contributed by atoms with Gasteiger partial charge in [0, 0.05) is 23.3 Å². The van der Waals surface area contributed by atoms with Gasteiger partial charge in [0.05, 0.1) is 11.7 Å². The molecule has 2 aromatic rings. The zero-order valence-corrected chi connectivity index (χ0v) is 11.9. The molecule has 0 aliphatic rings. The molecule has 0 saturated carbocycles. The van der Waals surface area contributed by atoms with Crippen molar-refractivity contribution >= 4 is 17.5 Å². The Morgan fingerprint density at radius 3 is 2.90 bits per heavy atom. The average molecular weight is 290 g/mol. The summed E-state index contributed by atoms with van der Waals surface area (Å²) in [4.78, 5) is 16.2. The molecule has 5 heteroatoms. The number of pyridine rings is 1. The molecule has 104 valence electrons. The van der Waals surface area contributed by atoms with Gasteiger partial charge in [-0.05, 0) is 36.8 Å². The second-order valence-corrected chi connectivity index (χ2v) is 4.93. The number of hydrogen-bond acceptors (Lipinski definition) is 3. The van der Waals surface area contributed by atoms with E-state index in [2.05, 4.69) is 10.3 Å². The van der Waals surface area contributed by atoms with Crippen LogP contribution in [0.4, 0.5) is 0 Å². The molecule has 0 spiro atoms. The van der Waals surface area contributed by atoms with E-state index in [9.17, 15) is 4.79 Å². The maximum Gasteiger partial charge on any atom is 0.251 e. The van der Waals surface area contributed by atoms with Crippen LogP contribution in [0.5, 0.6) is 0 Å². The van der Waals surface area contributed by atoms with Crippen LogP contribution in [0.1, 0.15) is 34.6 Å². The predicted octanol–water partition coefficient (Wildman–Crippen LogP) is 2.68. The molecule has 3 N–H and O–H groups in total. The number of nitrogens with one attached hydrogen (secondary N) is 1. The summed E-state index contributed by atoms with van der Waals surface area (Å²) < 4.78 is 0. The Kier molecular flexibility index (Phi) is 4.71. The van der Waals surface area contributed by atoms with Gasteiger partial charge < -0.3 is 11.1 Å². The number of benzene rings is 1. The number of nitrogens with two attached hydrogens (primary N) is 1. The van der Waals surface area contributed by atoms with Crippen LogP contribution < -0.4 is 11.1 Å². The molecule has 0 aliphatic heterocycles. The maximum atomic E-state index is 12.2. The van der Waals surface area contributed by atoms with E-state index in [0.717, 1.165) is 5.56 Å². The third-order valence-corrected chi connectivity index (χ3v) is 3.22. The molecule has 1 amide bonds. The Morgan fingerprint density at radius 2 is 2.20 bits per heavy atom. The van der Waals surface area contributed by atoms with Crippen molar-refractivity contribution < 1.29 is 4.79 Å². The van der Waals surface area contributed by atoms with Gasteiger partial charge in [0.25, 0.3) is 5.91 Å². The first-order valence-corrected chi connectivity index (χ1v) is 6.69. The fraction of sp³-hybridized carbons (Fsp3) is 0.200. The summed E-state index contributed by atoms with van der Waals surface area (Å²) in [5, 5.41) is 3.58. The molecule has 1 aromatic carbocycles. The molecular formula is C15H16ClN3O. The Labute approximate surface area is 123 Å². The minimum Gasteiger partial charge on any atom is -0.346 e. The third-order valence-electron chi connectivity index (χ3n) is 2.98. The van der Waals surface area contributed by atoms with E-state index in [1.54, 1.807) is 24.4 Å². The molecular weight excluding hydrogens is 274 g/mol. The molecule has 0 bridgehead atoms. The Balaban J connectivity index is 2.10. The van der Waals surface area contributed by atoms with Gasteiger partial charge in [-0.3, -0.25) is 9.78 Å². The van der Waals surface area contributed by atoms with E-state index in [1.807, 2.05) is 25.1 Å². The number of carbonyl (C=O) groups is 1. The van der Waals surface area contributed by atoms with Gasteiger partial charge in [-0.1, -0.05) is 23.7 Å². The van der Waals surface area contributed by atoms with Crippen LogP contribution in [0.2, 0.25) is 5.02 Å². The van der Waals surface area contributed by atoms with Crippen molar-refractivity contribution in [1.29, 1.82) is 0 Å². The number of rotatable bonds is 4. The SMILES string of the molecule is CC(NC(=O)c1ccnc(CN)c1)c1cccc(Cl)c1. The highest BCUT2D eigenvalue weighted by Crippen LogP contribution is 2.17. The molecule has 1 aromatic heterocycles. The van der Waals surface area contributed by atoms with Crippen molar-refractivity contribution in [1.82, 2.24) is 10.3 Å². The van der Waals surface area contributed by atoms with Crippen LogP contribution in [0, 0.1) is 0 Å². The molecule has 0 radical (unpaired) electrons. The topological polar surface area (TPSA) is 68.0 Å². The van der Waals surface area contributed by atoms with Crippen molar-refractivity contribution in [3.8, 4) is 0 Å². The normalized spacial score (nSPS) is 11.9. The van der Waals surface area contributed by atoms with E-state index in [1.165, 1.54) is 0 Å². The zero-order chi connectivity index (χ0) is 14.5. The smallest absolute Gasteiger partial charge is 0.251 e. The standard InChI is InChI=1S/C15H16ClN3O/c1-10(11-3-2-4-13(16)7-11)19-15(20)12-5-6-18-14(8-12)9-17/h2-8,10H,9,17H2,1H3,(H,19,20). The van der Waals surface area contributed by atoms with Gasteiger partial charge in [-0.15, -0.1) is 0 Å². The van der Waals surface area contributed by atoms with Crippen LogP contribution in [0.25, 0.3) is 0 Å². The van der Waals surface area contributed by atoms with E-state index < -0.39 is 0 Å². The molecule has 1 unspecified atom stereocenters. The first kappa shape index (κ1) is 14.5. The zero-order valence-electron chi connectivity index (χ0n) is 11.1. The summed E-state index contributed by atoms with van der Waals surface area (Å²) in [5.74, 6) is -0.158. The number of halogens is 1. The molecule has 1 atom stereocenters. The molecule has 4 nitrogen and oxygen atoms in total. The van der Waals surface area contributed by atoms with Crippen LogP contribution in [-0.4, -0.2) is 10.9 Å². The lowest BCUT2D eigenvalue weighted by molar-refractivity contribution is 0.0939. The quantitative estimate of drug-likeness (QED) is 0.909. The first-order valence-electron chi connectivity index (χ1n) is 6.31. The maximum absolute atomic E-state index is 12.2. The summed E-state index contributed by atoms with van der Waals surface area (Å²) in [6.45, 7) is 2.22. The van der Waals surface area contributed by atoms with Crippen LogP contribution in [0.15, 0.2) is 42.6 Å². The van der Waals surface area contributed by atoms with Gasteiger partial charge in [-0.2, -0.15) is 0 Å². The number of amides is 1. The van der Waals surface area contributed by atoms with Gasteiger partial charge in [-0.25, -0.2) is 0 Å².